The Morgan fingerprint density at radius 1 is 1.27 bits per heavy atom. The Hall–Kier alpha value is -2.76. The molecule has 0 spiro atoms. The number of aryl methyl sites for hydroxylation is 2. The van der Waals surface area contributed by atoms with Crippen LogP contribution < -0.4 is 5.32 Å². The Kier molecular flexibility index (Phi) is 5.61. The van der Waals surface area contributed by atoms with Gasteiger partial charge in [-0.05, 0) is 37.6 Å². The van der Waals surface area contributed by atoms with Crippen LogP contribution in [-0.4, -0.2) is 44.9 Å². The first-order chi connectivity index (χ1) is 12.6. The number of pyridine rings is 1. The summed E-state index contributed by atoms with van der Waals surface area (Å²) in [6.07, 6.45) is 7.03. The van der Waals surface area contributed by atoms with Crippen LogP contribution in [0.2, 0.25) is 0 Å². The molecule has 26 heavy (non-hydrogen) atoms. The first-order valence-corrected chi connectivity index (χ1v) is 9.11. The van der Waals surface area contributed by atoms with Crippen LogP contribution in [0.3, 0.4) is 0 Å². The van der Waals surface area contributed by atoms with Gasteiger partial charge >= 0.3 is 0 Å². The van der Waals surface area contributed by atoms with Crippen molar-refractivity contribution in [3.8, 4) is 0 Å². The molecule has 0 amide bonds. The number of hydrogen-bond donors (Lipinski definition) is 1. The first kappa shape index (κ1) is 18.0. The van der Waals surface area contributed by atoms with Crippen LogP contribution in [0.1, 0.15) is 23.9 Å². The minimum absolute atomic E-state index is 0.711. The number of aliphatic imine (C=N–C) groups is 1. The Labute approximate surface area is 155 Å². The lowest BCUT2D eigenvalue weighted by atomic mass is 10.3. The first-order valence-electron chi connectivity index (χ1n) is 9.11. The summed E-state index contributed by atoms with van der Waals surface area (Å²) in [7, 11) is 4.14. The molecule has 0 aromatic carbocycles. The molecule has 6 nitrogen and oxygen atoms in total. The SMILES string of the molecule is CCNC(=NCCc1cn2cccc(C)c2n1)N(C)Cc1cccn1C. The normalized spacial score (nSPS) is 11.9. The third-order valence-corrected chi connectivity index (χ3v) is 4.50. The van der Waals surface area contributed by atoms with E-state index < -0.39 is 0 Å². The lowest BCUT2D eigenvalue weighted by Crippen LogP contribution is -2.39. The number of imidazole rings is 1. The molecule has 1 N–H and O–H groups in total. The van der Waals surface area contributed by atoms with E-state index >= 15 is 0 Å². The van der Waals surface area contributed by atoms with Crippen molar-refractivity contribution in [3.63, 3.8) is 0 Å². The highest BCUT2D eigenvalue weighted by Gasteiger charge is 2.09. The van der Waals surface area contributed by atoms with Crippen LogP contribution in [0, 0.1) is 6.92 Å². The molecule has 0 aliphatic carbocycles. The van der Waals surface area contributed by atoms with Crippen LogP contribution in [0.25, 0.3) is 5.65 Å². The van der Waals surface area contributed by atoms with Crippen molar-refractivity contribution in [2.75, 3.05) is 20.1 Å². The number of rotatable bonds is 6. The molecule has 6 heteroatoms. The van der Waals surface area contributed by atoms with E-state index in [4.69, 9.17) is 9.98 Å². The Balaban J connectivity index is 1.66. The quantitative estimate of drug-likeness (QED) is 0.548. The number of fused-ring (bicyclic) bond motifs is 1. The zero-order chi connectivity index (χ0) is 18.5. The van der Waals surface area contributed by atoms with Crippen LogP contribution in [0.5, 0.6) is 0 Å². The monoisotopic (exact) mass is 352 g/mol. The van der Waals surface area contributed by atoms with Gasteiger partial charge in [-0.1, -0.05) is 6.07 Å². The summed E-state index contributed by atoms with van der Waals surface area (Å²) in [6.45, 7) is 6.57. The number of guanidine groups is 1. The van der Waals surface area contributed by atoms with Crippen LogP contribution >= 0.6 is 0 Å². The van der Waals surface area contributed by atoms with Gasteiger partial charge in [-0.15, -0.1) is 0 Å². The molecule has 0 aliphatic heterocycles. The maximum atomic E-state index is 4.78. The molecule has 0 atom stereocenters. The van der Waals surface area contributed by atoms with E-state index in [0.717, 1.165) is 36.8 Å². The van der Waals surface area contributed by atoms with Gasteiger partial charge in [0.15, 0.2) is 5.96 Å². The Morgan fingerprint density at radius 3 is 2.77 bits per heavy atom. The molecule has 138 valence electrons. The van der Waals surface area contributed by atoms with E-state index in [-0.39, 0.29) is 0 Å². The van der Waals surface area contributed by atoms with Crippen molar-refractivity contribution in [1.29, 1.82) is 0 Å². The van der Waals surface area contributed by atoms with Crippen molar-refractivity contribution < 1.29 is 0 Å². The summed E-state index contributed by atoms with van der Waals surface area (Å²) in [4.78, 5) is 11.7. The fourth-order valence-electron chi connectivity index (χ4n) is 3.05. The molecule has 0 unspecified atom stereocenters. The Morgan fingerprint density at radius 2 is 2.08 bits per heavy atom. The van der Waals surface area contributed by atoms with Gasteiger partial charge in [-0.2, -0.15) is 0 Å². The van der Waals surface area contributed by atoms with Crippen LogP contribution in [0.15, 0.2) is 47.8 Å². The minimum atomic E-state index is 0.711. The predicted octanol–water partition coefficient (Wildman–Crippen LogP) is 2.62. The number of nitrogens with zero attached hydrogens (tertiary/aromatic N) is 5. The van der Waals surface area contributed by atoms with Gasteiger partial charge in [0, 0.05) is 57.9 Å². The number of hydrogen-bond acceptors (Lipinski definition) is 2. The summed E-state index contributed by atoms with van der Waals surface area (Å²) in [5.74, 6) is 0.925. The third kappa shape index (κ3) is 4.07. The molecule has 3 aromatic rings. The van der Waals surface area contributed by atoms with E-state index in [2.05, 4.69) is 77.7 Å². The highest BCUT2D eigenvalue weighted by molar-refractivity contribution is 5.79. The maximum absolute atomic E-state index is 4.78. The van der Waals surface area contributed by atoms with Gasteiger partial charge in [0.25, 0.3) is 0 Å². The molecule has 3 aromatic heterocycles. The minimum Gasteiger partial charge on any atom is -0.357 e. The average Bonchev–Trinajstić information content (AvgIpc) is 3.21. The fraction of sp³-hybridized carbons (Fsp3) is 0.400. The van der Waals surface area contributed by atoms with Crippen LogP contribution in [0.4, 0.5) is 0 Å². The standard InChI is InChI=1S/C20H28N6/c1-5-21-20(25(4)15-18-9-7-12-24(18)3)22-11-10-17-14-26-13-6-8-16(2)19(26)23-17/h6-9,12-14H,5,10-11,15H2,1-4H3,(H,21,22). The molecule has 0 saturated carbocycles. The summed E-state index contributed by atoms with van der Waals surface area (Å²) in [5.41, 5.74) is 4.55. The molecule has 0 radical (unpaired) electrons. The van der Waals surface area contributed by atoms with Gasteiger partial charge in [-0.25, -0.2) is 4.98 Å². The van der Waals surface area contributed by atoms with E-state index in [1.54, 1.807) is 0 Å². The average molecular weight is 352 g/mol. The molecule has 0 aliphatic rings. The zero-order valence-corrected chi connectivity index (χ0v) is 16.1. The summed E-state index contributed by atoms with van der Waals surface area (Å²) in [5, 5.41) is 3.38. The number of nitrogens with one attached hydrogen (secondary N) is 1. The maximum Gasteiger partial charge on any atom is 0.194 e. The predicted molar refractivity (Wildman–Crippen MR) is 106 cm³/mol. The fourth-order valence-corrected chi connectivity index (χ4v) is 3.05. The summed E-state index contributed by atoms with van der Waals surface area (Å²) < 4.78 is 4.22. The highest BCUT2D eigenvalue weighted by atomic mass is 15.3. The van der Waals surface area contributed by atoms with E-state index in [1.165, 1.54) is 11.3 Å². The topological polar surface area (TPSA) is 49.9 Å². The number of aromatic nitrogens is 3. The summed E-state index contributed by atoms with van der Waals surface area (Å²) >= 11 is 0. The second kappa shape index (κ2) is 8.08. The van der Waals surface area contributed by atoms with Gasteiger partial charge in [0.05, 0.1) is 12.2 Å². The van der Waals surface area contributed by atoms with Gasteiger partial charge in [0.2, 0.25) is 0 Å². The molecular weight excluding hydrogens is 324 g/mol. The van der Waals surface area contributed by atoms with Crippen molar-refractivity contribution in [2.45, 2.75) is 26.8 Å². The molecule has 3 heterocycles. The van der Waals surface area contributed by atoms with Crippen molar-refractivity contribution >= 4 is 11.6 Å². The van der Waals surface area contributed by atoms with Gasteiger partial charge < -0.3 is 19.2 Å². The van der Waals surface area contributed by atoms with Crippen molar-refractivity contribution in [1.82, 2.24) is 24.2 Å². The molecule has 0 bridgehead atoms. The Bertz CT molecular complexity index is 889. The third-order valence-electron chi connectivity index (χ3n) is 4.50. The highest BCUT2D eigenvalue weighted by Crippen LogP contribution is 2.10. The molecular formula is C20H28N6. The van der Waals surface area contributed by atoms with Crippen molar-refractivity contribution in [2.24, 2.45) is 12.0 Å². The lowest BCUT2D eigenvalue weighted by Gasteiger charge is -2.22. The smallest absolute Gasteiger partial charge is 0.194 e. The second-order valence-corrected chi connectivity index (χ2v) is 6.61. The van der Waals surface area contributed by atoms with E-state index in [1.807, 2.05) is 12.3 Å². The van der Waals surface area contributed by atoms with Gasteiger partial charge in [-0.3, -0.25) is 4.99 Å². The molecule has 0 saturated heterocycles. The largest absolute Gasteiger partial charge is 0.357 e. The van der Waals surface area contributed by atoms with Crippen molar-refractivity contribution in [3.05, 3.63) is 59.8 Å². The summed E-state index contributed by atoms with van der Waals surface area (Å²) in [6, 6.07) is 8.34. The van der Waals surface area contributed by atoms with Gasteiger partial charge in [0.1, 0.15) is 5.65 Å². The van der Waals surface area contributed by atoms with E-state index in [9.17, 15) is 0 Å². The molecule has 3 rings (SSSR count). The van der Waals surface area contributed by atoms with Crippen LogP contribution in [-0.2, 0) is 20.0 Å². The lowest BCUT2D eigenvalue weighted by molar-refractivity contribution is 0.462. The zero-order valence-electron chi connectivity index (χ0n) is 16.1. The molecule has 0 fully saturated rings. The second-order valence-electron chi connectivity index (χ2n) is 6.61. The van der Waals surface area contributed by atoms with E-state index in [0.29, 0.717) is 6.54 Å².